The fraction of sp³-hybridized carbons (Fsp3) is 0.478. The highest BCUT2D eigenvalue weighted by Crippen LogP contribution is 2.29. The summed E-state index contributed by atoms with van der Waals surface area (Å²) in [6, 6.07) is 19.4. The Bertz CT molecular complexity index is 704. The molecule has 3 heterocycles. The van der Waals surface area contributed by atoms with Gasteiger partial charge in [-0.25, -0.2) is 0 Å². The summed E-state index contributed by atoms with van der Waals surface area (Å²) in [6.07, 6.45) is 2.69. The molecule has 0 unspecified atom stereocenters. The number of ether oxygens (including phenoxy) is 2. The van der Waals surface area contributed by atoms with Crippen LogP contribution in [0.4, 0.5) is 0 Å². The van der Waals surface area contributed by atoms with Crippen LogP contribution in [-0.2, 0) is 6.54 Å². The van der Waals surface area contributed by atoms with Gasteiger partial charge in [0.05, 0.1) is 7.11 Å². The fourth-order valence-corrected chi connectivity index (χ4v) is 4.43. The van der Waals surface area contributed by atoms with Gasteiger partial charge in [-0.05, 0) is 48.6 Å². The van der Waals surface area contributed by atoms with Gasteiger partial charge in [0.2, 0.25) is 0 Å². The van der Waals surface area contributed by atoms with Crippen molar-refractivity contribution in [1.29, 1.82) is 0 Å². The van der Waals surface area contributed by atoms with Gasteiger partial charge in [-0.15, -0.1) is 0 Å². The number of rotatable bonds is 7. The molecular weight excluding hydrogens is 336 g/mol. The maximum Gasteiger partial charge on any atom is 0.119 e. The number of benzene rings is 2. The summed E-state index contributed by atoms with van der Waals surface area (Å²) >= 11 is 0. The van der Waals surface area contributed by atoms with Crippen molar-refractivity contribution in [2.45, 2.75) is 25.4 Å². The predicted octanol–water partition coefficient (Wildman–Crippen LogP) is 3.67. The zero-order chi connectivity index (χ0) is 18.5. The summed E-state index contributed by atoms with van der Waals surface area (Å²) in [4.78, 5) is 5.31. The van der Waals surface area contributed by atoms with Gasteiger partial charge >= 0.3 is 0 Å². The lowest BCUT2D eigenvalue weighted by Gasteiger charge is -2.36. The molecule has 0 aliphatic carbocycles. The number of hydrogen-bond acceptors (Lipinski definition) is 4. The molecule has 3 fully saturated rings. The van der Waals surface area contributed by atoms with Gasteiger partial charge < -0.3 is 9.47 Å². The third-order valence-electron chi connectivity index (χ3n) is 5.87. The van der Waals surface area contributed by atoms with E-state index in [9.17, 15) is 0 Å². The van der Waals surface area contributed by atoms with Crippen molar-refractivity contribution < 1.29 is 9.47 Å². The maximum absolute atomic E-state index is 5.95. The Morgan fingerprint density at radius 3 is 2.44 bits per heavy atom. The second-order valence-corrected chi connectivity index (χ2v) is 7.80. The molecule has 2 aromatic rings. The van der Waals surface area contributed by atoms with Crippen molar-refractivity contribution in [1.82, 2.24) is 9.80 Å². The van der Waals surface area contributed by atoms with E-state index in [1.54, 1.807) is 7.11 Å². The Morgan fingerprint density at radius 1 is 0.889 bits per heavy atom. The molecular formula is C23H30N2O2. The molecule has 0 amide bonds. The second kappa shape index (κ2) is 8.77. The molecule has 4 heteroatoms. The van der Waals surface area contributed by atoms with Crippen LogP contribution in [0.5, 0.6) is 11.5 Å². The highest BCUT2D eigenvalue weighted by molar-refractivity contribution is 5.31. The topological polar surface area (TPSA) is 24.9 Å². The molecule has 3 aliphatic heterocycles. The van der Waals surface area contributed by atoms with E-state index < -0.39 is 0 Å². The van der Waals surface area contributed by atoms with Crippen LogP contribution in [0, 0.1) is 5.92 Å². The third kappa shape index (κ3) is 4.82. The highest BCUT2D eigenvalue weighted by atomic mass is 16.5. The van der Waals surface area contributed by atoms with E-state index in [1.165, 1.54) is 31.5 Å². The molecule has 0 radical (unpaired) electrons. The minimum atomic E-state index is 0.671. The summed E-state index contributed by atoms with van der Waals surface area (Å²) in [5.41, 5.74) is 1.43. The Labute approximate surface area is 162 Å². The summed E-state index contributed by atoms with van der Waals surface area (Å²) in [7, 11) is 1.69. The van der Waals surface area contributed by atoms with Gasteiger partial charge in [-0.1, -0.05) is 30.3 Å². The van der Waals surface area contributed by atoms with Crippen LogP contribution in [0.25, 0.3) is 0 Å². The SMILES string of the molecule is COc1ccc(OCCN2C[C@@H]3CC[C@H](C2)N(Cc2ccccc2)C3)cc1. The molecule has 2 bridgehead atoms. The molecule has 5 rings (SSSR count). The molecule has 2 aromatic carbocycles. The minimum absolute atomic E-state index is 0.671. The Balaban J connectivity index is 1.29. The van der Waals surface area contributed by atoms with Gasteiger partial charge in [0, 0.05) is 38.8 Å². The molecule has 0 aromatic heterocycles. The van der Waals surface area contributed by atoms with E-state index in [0.717, 1.165) is 43.7 Å². The molecule has 144 valence electrons. The first-order chi connectivity index (χ1) is 13.3. The Hall–Kier alpha value is -2.04. The van der Waals surface area contributed by atoms with Crippen LogP contribution in [0.2, 0.25) is 0 Å². The number of nitrogens with zero attached hydrogens (tertiary/aromatic N) is 2. The van der Waals surface area contributed by atoms with Crippen LogP contribution in [0.15, 0.2) is 54.6 Å². The summed E-state index contributed by atoms with van der Waals surface area (Å²) in [6.45, 7) is 6.42. The lowest BCUT2D eigenvalue weighted by atomic mass is 9.94. The van der Waals surface area contributed by atoms with Crippen LogP contribution in [0.3, 0.4) is 0 Å². The smallest absolute Gasteiger partial charge is 0.119 e. The lowest BCUT2D eigenvalue weighted by molar-refractivity contribution is 0.122. The van der Waals surface area contributed by atoms with E-state index in [0.29, 0.717) is 6.04 Å². The molecule has 0 N–H and O–H groups in total. The average Bonchev–Trinajstić information content (AvgIpc) is 3.00. The van der Waals surface area contributed by atoms with Gasteiger partial charge in [0.25, 0.3) is 0 Å². The standard InChI is InChI=1S/C23H30N2O2/c1-26-22-9-11-23(12-10-22)27-14-13-24-15-20-7-8-21(18-24)25(17-20)16-19-5-3-2-4-6-19/h2-6,9-12,20-21H,7-8,13-18H2,1H3/t20-,21+/m0/s1. The summed E-state index contributed by atoms with van der Waals surface area (Å²) in [5.74, 6) is 2.57. The zero-order valence-electron chi connectivity index (χ0n) is 16.2. The monoisotopic (exact) mass is 366 g/mol. The van der Waals surface area contributed by atoms with Crippen molar-refractivity contribution in [3.05, 3.63) is 60.2 Å². The molecule has 0 saturated carbocycles. The van der Waals surface area contributed by atoms with Crippen molar-refractivity contribution in [3.63, 3.8) is 0 Å². The second-order valence-electron chi connectivity index (χ2n) is 7.80. The quantitative estimate of drug-likeness (QED) is 0.746. The molecule has 27 heavy (non-hydrogen) atoms. The van der Waals surface area contributed by atoms with Crippen LogP contribution in [-0.4, -0.2) is 55.7 Å². The average molecular weight is 367 g/mol. The number of hydrogen-bond donors (Lipinski definition) is 0. The first-order valence-corrected chi connectivity index (χ1v) is 10.1. The molecule has 4 nitrogen and oxygen atoms in total. The first kappa shape index (κ1) is 18.3. The molecule has 3 saturated heterocycles. The van der Waals surface area contributed by atoms with Gasteiger partial charge in [-0.3, -0.25) is 9.80 Å². The van der Waals surface area contributed by atoms with Gasteiger partial charge in [-0.2, -0.15) is 0 Å². The minimum Gasteiger partial charge on any atom is -0.497 e. The van der Waals surface area contributed by atoms with Crippen LogP contribution >= 0.6 is 0 Å². The van der Waals surface area contributed by atoms with E-state index >= 15 is 0 Å². The highest BCUT2D eigenvalue weighted by Gasteiger charge is 2.34. The van der Waals surface area contributed by atoms with Crippen molar-refractivity contribution >= 4 is 0 Å². The van der Waals surface area contributed by atoms with Crippen molar-refractivity contribution in [3.8, 4) is 11.5 Å². The molecule has 3 aliphatic rings. The summed E-state index contributed by atoms with van der Waals surface area (Å²) < 4.78 is 11.1. The Morgan fingerprint density at radius 2 is 1.67 bits per heavy atom. The third-order valence-corrected chi connectivity index (χ3v) is 5.87. The Kier molecular flexibility index (Phi) is 5.95. The number of fused-ring (bicyclic) bond motifs is 4. The number of piperidine rings is 1. The van der Waals surface area contributed by atoms with Crippen molar-refractivity contribution in [2.75, 3.05) is 39.9 Å². The van der Waals surface area contributed by atoms with Crippen molar-refractivity contribution in [2.24, 2.45) is 5.92 Å². The van der Waals surface area contributed by atoms with Crippen LogP contribution < -0.4 is 9.47 Å². The zero-order valence-corrected chi connectivity index (χ0v) is 16.2. The largest absolute Gasteiger partial charge is 0.497 e. The van der Waals surface area contributed by atoms with E-state index in [1.807, 2.05) is 24.3 Å². The first-order valence-electron chi connectivity index (χ1n) is 10.1. The van der Waals surface area contributed by atoms with Crippen LogP contribution in [0.1, 0.15) is 18.4 Å². The van der Waals surface area contributed by atoms with E-state index in [4.69, 9.17) is 9.47 Å². The lowest BCUT2D eigenvalue weighted by Crippen LogP contribution is -2.43. The maximum atomic E-state index is 5.95. The molecule has 0 spiro atoms. The predicted molar refractivity (Wildman–Crippen MR) is 108 cm³/mol. The molecule has 2 atom stereocenters. The van der Waals surface area contributed by atoms with Gasteiger partial charge in [0.1, 0.15) is 18.1 Å². The normalized spacial score (nSPS) is 23.1. The summed E-state index contributed by atoms with van der Waals surface area (Å²) in [5, 5.41) is 0. The fourth-order valence-electron chi connectivity index (χ4n) is 4.43. The number of methoxy groups -OCH3 is 1. The van der Waals surface area contributed by atoms with Gasteiger partial charge in [0.15, 0.2) is 0 Å². The van der Waals surface area contributed by atoms with E-state index in [2.05, 4.69) is 40.1 Å². The van der Waals surface area contributed by atoms with E-state index in [-0.39, 0.29) is 0 Å².